The Balaban J connectivity index is 2.82. The molecule has 0 aliphatic heterocycles. The van der Waals surface area contributed by atoms with Gasteiger partial charge in [-0.25, -0.2) is 0 Å². The van der Waals surface area contributed by atoms with E-state index in [1.54, 1.807) is 0 Å². The molecule has 0 bridgehead atoms. The van der Waals surface area contributed by atoms with Gasteiger partial charge in [0.05, 0.1) is 13.0 Å². The van der Waals surface area contributed by atoms with Crippen molar-refractivity contribution in [3.05, 3.63) is 35.9 Å². The molecule has 0 radical (unpaired) electrons. The highest BCUT2D eigenvalue weighted by molar-refractivity contribution is 5.73. The summed E-state index contributed by atoms with van der Waals surface area (Å²) in [5.74, 6) is -0.508. The second kappa shape index (κ2) is 5.51. The molecule has 0 heterocycles. The molecule has 82 valence electrons. The molecule has 0 saturated carbocycles. The molecule has 0 fully saturated rings. The highest BCUT2D eigenvalue weighted by Crippen LogP contribution is 2.22. The molecule has 15 heavy (non-hydrogen) atoms. The van der Waals surface area contributed by atoms with E-state index < -0.39 is 0 Å². The predicted octanol–water partition coefficient (Wildman–Crippen LogP) is 1.89. The van der Waals surface area contributed by atoms with Crippen LogP contribution in [0.4, 0.5) is 0 Å². The first-order valence-corrected chi connectivity index (χ1v) is 5.09. The van der Waals surface area contributed by atoms with Crippen LogP contribution in [0.15, 0.2) is 30.3 Å². The van der Waals surface area contributed by atoms with E-state index in [9.17, 15) is 4.79 Å². The highest BCUT2D eigenvalue weighted by atomic mass is 16.5. The van der Waals surface area contributed by atoms with Gasteiger partial charge in [-0.15, -0.1) is 0 Å². The number of carbonyl (C=O) groups excluding carboxylic acids is 1. The monoisotopic (exact) mass is 207 g/mol. The Bertz CT molecular complexity index is 311. The fourth-order valence-electron chi connectivity index (χ4n) is 1.63. The zero-order valence-electron chi connectivity index (χ0n) is 9.14. The van der Waals surface area contributed by atoms with Gasteiger partial charge < -0.3 is 10.5 Å². The van der Waals surface area contributed by atoms with Gasteiger partial charge in [0.1, 0.15) is 0 Å². The van der Waals surface area contributed by atoms with Crippen molar-refractivity contribution < 1.29 is 9.53 Å². The molecular weight excluding hydrogens is 190 g/mol. The van der Waals surface area contributed by atoms with Gasteiger partial charge in [0.15, 0.2) is 0 Å². The third-order valence-electron chi connectivity index (χ3n) is 2.56. The van der Waals surface area contributed by atoms with E-state index in [0.29, 0.717) is 6.42 Å². The Labute approximate surface area is 90.2 Å². The standard InChI is InChI=1S/C12H17NO2/c1-3-10(12(14)15-2)11(13)9-7-5-4-6-8-9/h4-8,10-11H,3,13H2,1-2H3/t10-,11+/m0/s1. The summed E-state index contributed by atoms with van der Waals surface area (Å²) in [6, 6.07) is 9.32. The maximum Gasteiger partial charge on any atom is 0.310 e. The van der Waals surface area contributed by atoms with Gasteiger partial charge in [0, 0.05) is 6.04 Å². The van der Waals surface area contributed by atoms with Crippen molar-refractivity contribution in [2.24, 2.45) is 11.7 Å². The predicted molar refractivity (Wildman–Crippen MR) is 59.2 cm³/mol. The minimum atomic E-state index is -0.288. The van der Waals surface area contributed by atoms with Crippen molar-refractivity contribution in [2.75, 3.05) is 7.11 Å². The van der Waals surface area contributed by atoms with E-state index in [-0.39, 0.29) is 17.9 Å². The van der Waals surface area contributed by atoms with Crippen molar-refractivity contribution in [1.82, 2.24) is 0 Å². The van der Waals surface area contributed by atoms with Crippen LogP contribution in [0.2, 0.25) is 0 Å². The molecule has 0 saturated heterocycles. The number of hydrogen-bond donors (Lipinski definition) is 1. The highest BCUT2D eigenvalue weighted by Gasteiger charge is 2.25. The third-order valence-corrected chi connectivity index (χ3v) is 2.56. The average molecular weight is 207 g/mol. The molecule has 2 atom stereocenters. The number of hydrogen-bond acceptors (Lipinski definition) is 3. The fourth-order valence-corrected chi connectivity index (χ4v) is 1.63. The number of carbonyl (C=O) groups is 1. The van der Waals surface area contributed by atoms with Crippen molar-refractivity contribution >= 4 is 5.97 Å². The molecule has 0 spiro atoms. The Morgan fingerprint density at radius 2 is 2.00 bits per heavy atom. The molecule has 1 aromatic rings. The van der Waals surface area contributed by atoms with E-state index in [2.05, 4.69) is 0 Å². The van der Waals surface area contributed by atoms with Crippen LogP contribution in [-0.4, -0.2) is 13.1 Å². The summed E-state index contributed by atoms with van der Waals surface area (Å²) in [5.41, 5.74) is 6.99. The van der Waals surface area contributed by atoms with Crippen molar-refractivity contribution in [3.63, 3.8) is 0 Å². The van der Waals surface area contributed by atoms with Crippen LogP contribution in [0.5, 0.6) is 0 Å². The largest absolute Gasteiger partial charge is 0.469 e. The summed E-state index contributed by atoms with van der Waals surface area (Å²) in [6.45, 7) is 1.93. The zero-order valence-corrected chi connectivity index (χ0v) is 9.14. The summed E-state index contributed by atoms with van der Waals surface area (Å²) in [6.07, 6.45) is 0.683. The molecule has 0 amide bonds. The topological polar surface area (TPSA) is 52.3 Å². The molecular formula is C12H17NO2. The molecule has 3 heteroatoms. The Hall–Kier alpha value is -1.35. The van der Waals surface area contributed by atoms with E-state index in [1.165, 1.54) is 7.11 Å². The second-order valence-electron chi connectivity index (χ2n) is 3.47. The first-order chi connectivity index (χ1) is 7.20. The lowest BCUT2D eigenvalue weighted by molar-refractivity contribution is -0.146. The van der Waals surface area contributed by atoms with Crippen LogP contribution in [0.3, 0.4) is 0 Å². The fraction of sp³-hybridized carbons (Fsp3) is 0.417. The SMILES string of the molecule is CC[C@H](C(=O)OC)[C@H](N)c1ccccc1. The normalized spacial score (nSPS) is 14.3. The maximum atomic E-state index is 11.5. The molecule has 1 aromatic carbocycles. The number of benzene rings is 1. The number of rotatable bonds is 4. The van der Waals surface area contributed by atoms with Crippen molar-refractivity contribution in [2.45, 2.75) is 19.4 Å². The summed E-state index contributed by atoms with van der Waals surface area (Å²) >= 11 is 0. The summed E-state index contributed by atoms with van der Waals surface area (Å²) in [4.78, 5) is 11.5. The first kappa shape index (κ1) is 11.7. The van der Waals surface area contributed by atoms with Crippen LogP contribution in [0.25, 0.3) is 0 Å². The molecule has 0 aliphatic carbocycles. The smallest absolute Gasteiger partial charge is 0.310 e. The Morgan fingerprint density at radius 1 is 1.40 bits per heavy atom. The Kier molecular flexibility index (Phi) is 4.31. The molecule has 2 N–H and O–H groups in total. The lowest BCUT2D eigenvalue weighted by Gasteiger charge is -2.20. The van der Waals surface area contributed by atoms with Crippen molar-refractivity contribution in [3.8, 4) is 0 Å². The molecule has 3 nitrogen and oxygen atoms in total. The van der Waals surface area contributed by atoms with Gasteiger partial charge in [0.25, 0.3) is 0 Å². The second-order valence-corrected chi connectivity index (χ2v) is 3.47. The number of methoxy groups -OCH3 is 1. The quantitative estimate of drug-likeness (QED) is 0.767. The Morgan fingerprint density at radius 3 is 2.47 bits per heavy atom. The van der Waals surface area contributed by atoms with Crippen LogP contribution in [0.1, 0.15) is 24.9 Å². The molecule has 0 aliphatic rings. The molecule has 0 aromatic heterocycles. The van der Waals surface area contributed by atoms with Crippen LogP contribution in [0, 0.1) is 5.92 Å². The lowest BCUT2D eigenvalue weighted by atomic mass is 9.92. The number of ether oxygens (including phenoxy) is 1. The lowest BCUT2D eigenvalue weighted by Crippen LogP contribution is -2.28. The maximum absolute atomic E-state index is 11.5. The van der Waals surface area contributed by atoms with E-state index in [0.717, 1.165) is 5.56 Å². The minimum absolute atomic E-state index is 0.242. The van der Waals surface area contributed by atoms with Gasteiger partial charge in [0.2, 0.25) is 0 Å². The van der Waals surface area contributed by atoms with Gasteiger partial charge in [-0.2, -0.15) is 0 Å². The zero-order chi connectivity index (χ0) is 11.3. The van der Waals surface area contributed by atoms with Gasteiger partial charge in [-0.05, 0) is 12.0 Å². The molecule has 0 unspecified atom stereocenters. The minimum Gasteiger partial charge on any atom is -0.469 e. The average Bonchev–Trinajstić information content (AvgIpc) is 2.30. The first-order valence-electron chi connectivity index (χ1n) is 5.09. The van der Waals surface area contributed by atoms with Crippen molar-refractivity contribution in [1.29, 1.82) is 0 Å². The number of nitrogens with two attached hydrogens (primary N) is 1. The summed E-state index contributed by atoms with van der Waals surface area (Å²) in [7, 11) is 1.39. The van der Waals surface area contributed by atoms with E-state index >= 15 is 0 Å². The van der Waals surface area contributed by atoms with Gasteiger partial charge in [-0.3, -0.25) is 4.79 Å². The van der Waals surface area contributed by atoms with Crippen LogP contribution >= 0.6 is 0 Å². The third kappa shape index (κ3) is 2.80. The van der Waals surface area contributed by atoms with Gasteiger partial charge >= 0.3 is 5.97 Å². The van der Waals surface area contributed by atoms with Gasteiger partial charge in [-0.1, -0.05) is 37.3 Å². The number of esters is 1. The van der Waals surface area contributed by atoms with E-state index in [4.69, 9.17) is 10.5 Å². The summed E-state index contributed by atoms with van der Waals surface area (Å²) in [5, 5.41) is 0. The van der Waals surface area contributed by atoms with Crippen LogP contribution in [-0.2, 0) is 9.53 Å². The molecule has 1 rings (SSSR count). The summed E-state index contributed by atoms with van der Waals surface area (Å²) < 4.78 is 4.73. The van der Waals surface area contributed by atoms with Crippen LogP contribution < -0.4 is 5.73 Å². The van der Waals surface area contributed by atoms with E-state index in [1.807, 2.05) is 37.3 Å².